The number of hydrogen-bond acceptors (Lipinski definition) is 4. The minimum atomic E-state index is -3.81. The van der Waals surface area contributed by atoms with Crippen LogP contribution < -0.4 is 10.0 Å². The molecule has 2 unspecified atom stereocenters. The van der Waals surface area contributed by atoms with Crippen LogP contribution in [0.5, 0.6) is 0 Å². The number of nitrogens with one attached hydrogen (secondary N) is 2. The number of benzene rings is 1. The summed E-state index contributed by atoms with van der Waals surface area (Å²) < 4.78 is 56.3. The second-order valence-electron chi connectivity index (χ2n) is 6.24. The molecule has 0 aliphatic carbocycles. The molecule has 1 aliphatic rings. The molecule has 0 amide bonds. The third-order valence-electron chi connectivity index (χ3n) is 4.52. The van der Waals surface area contributed by atoms with Crippen LogP contribution in [0.3, 0.4) is 0 Å². The van der Waals surface area contributed by atoms with Gasteiger partial charge >= 0.3 is 0 Å². The lowest BCUT2D eigenvalue weighted by Gasteiger charge is -2.32. The van der Waals surface area contributed by atoms with Crippen LogP contribution in [0.4, 0.5) is 8.78 Å². The predicted molar refractivity (Wildman–Crippen MR) is 88.6 cm³/mol. The van der Waals surface area contributed by atoms with Gasteiger partial charge < -0.3 is 9.88 Å². The van der Waals surface area contributed by atoms with Gasteiger partial charge in [0, 0.05) is 31.7 Å². The van der Waals surface area contributed by atoms with Crippen LogP contribution in [0.25, 0.3) is 0 Å². The van der Waals surface area contributed by atoms with Crippen LogP contribution in [-0.4, -0.2) is 37.1 Å². The van der Waals surface area contributed by atoms with Gasteiger partial charge in [-0.2, -0.15) is 0 Å². The Balaban J connectivity index is 1.87. The Kier molecular flexibility index (Phi) is 4.90. The van der Waals surface area contributed by atoms with Crippen molar-refractivity contribution < 1.29 is 17.2 Å². The molecule has 1 saturated heterocycles. The maximum Gasteiger partial charge on any atom is 0.259 e. The molecular formula is C16H20F2N4O2S. The zero-order valence-electron chi connectivity index (χ0n) is 14.0. The first-order valence-electron chi connectivity index (χ1n) is 7.96. The highest BCUT2D eigenvalue weighted by molar-refractivity contribution is 7.89. The van der Waals surface area contributed by atoms with Crippen molar-refractivity contribution in [3.63, 3.8) is 0 Å². The number of halogens is 2. The molecule has 2 heterocycles. The first-order chi connectivity index (χ1) is 11.8. The van der Waals surface area contributed by atoms with Gasteiger partial charge in [-0.05, 0) is 37.6 Å². The Labute approximate surface area is 145 Å². The summed E-state index contributed by atoms with van der Waals surface area (Å²) >= 11 is 0. The van der Waals surface area contributed by atoms with E-state index < -0.39 is 27.7 Å². The zero-order valence-corrected chi connectivity index (χ0v) is 14.8. The molecule has 1 aromatic heterocycles. The van der Waals surface area contributed by atoms with Crippen molar-refractivity contribution in [1.29, 1.82) is 0 Å². The van der Waals surface area contributed by atoms with Gasteiger partial charge in [0.1, 0.15) is 5.82 Å². The monoisotopic (exact) mass is 370 g/mol. The van der Waals surface area contributed by atoms with E-state index in [2.05, 4.69) is 15.0 Å². The fourth-order valence-corrected chi connectivity index (χ4v) is 4.36. The molecule has 136 valence electrons. The Morgan fingerprint density at radius 3 is 2.72 bits per heavy atom. The topological polar surface area (TPSA) is 76.0 Å². The number of hydrogen-bond donors (Lipinski definition) is 2. The largest absolute Gasteiger partial charge is 0.337 e. The molecule has 9 heteroatoms. The lowest BCUT2D eigenvalue weighted by atomic mass is 9.86. The number of aryl methyl sites for hydroxylation is 2. The van der Waals surface area contributed by atoms with Crippen molar-refractivity contribution in [3.8, 4) is 0 Å². The molecule has 2 atom stereocenters. The summed E-state index contributed by atoms with van der Waals surface area (Å²) in [7, 11) is -2.09. The smallest absolute Gasteiger partial charge is 0.259 e. The van der Waals surface area contributed by atoms with E-state index in [1.54, 1.807) is 18.5 Å². The maximum atomic E-state index is 13.6. The molecule has 0 bridgehead atoms. The van der Waals surface area contributed by atoms with Gasteiger partial charge in [0.05, 0.1) is 0 Å². The average Bonchev–Trinajstić information content (AvgIpc) is 2.91. The van der Waals surface area contributed by atoms with E-state index in [1.165, 1.54) is 12.3 Å². The van der Waals surface area contributed by atoms with Crippen LogP contribution in [0.15, 0.2) is 29.4 Å². The molecule has 2 aromatic rings. The lowest BCUT2D eigenvalue weighted by molar-refractivity contribution is 0.376. The van der Waals surface area contributed by atoms with Gasteiger partial charge in [0.25, 0.3) is 10.0 Å². The van der Waals surface area contributed by atoms with E-state index in [-0.39, 0.29) is 10.9 Å². The molecule has 1 aromatic carbocycles. The summed E-state index contributed by atoms with van der Waals surface area (Å²) in [6, 6.07) is 3.23. The van der Waals surface area contributed by atoms with Crippen LogP contribution in [0, 0.1) is 18.6 Å². The standard InChI is InChI=1S/C16H20F2N4O2S/c1-10-20-16(9-22(10)2)25(23,24)21-15-8-19-6-5-12(15)11-3-4-13(17)14(18)7-11/h3-4,7,9,12,15,19,21H,5-6,8H2,1-2H3. The number of aromatic nitrogens is 2. The second kappa shape index (κ2) is 6.81. The fraction of sp³-hybridized carbons (Fsp3) is 0.438. The molecule has 2 N–H and O–H groups in total. The van der Waals surface area contributed by atoms with E-state index in [0.717, 1.165) is 12.1 Å². The van der Waals surface area contributed by atoms with Crippen LogP contribution in [-0.2, 0) is 17.1 Å². The zero-order chi connectivity index (χ0) is 18.2. The molecule has 0 saturated carbocycles. The van der Waals surface area contributed by atoms with Crippen molar-refractivity contribution >= 4 is 10.0 Å². The van der Waals surface area contributed by atoms with Gasteiger partial charge in [0.15, 0.2) is 16.7 Å². The van der Waals surface area contributed by atoms with E-state index >= 15 is 0 Å². The average molecular weight is 370 g/mol. The van der Waals surface area contributed by atoms with Crippen molar-refractivity contribution in [2.75, 3.05) is 13.1 Å². The van der Waals surface area contributed by atoms with Crippen LogP contribution in [0.2, 0.25) is 0 Å². The van der Waals surface area contributed by atoms with E-state index in [0.29, 0.717) is 30.9 Å². The Hall–Kier alpha value is -1.84. The number of sulfonamides is 1. The Bertz CT molecular complexity index is 863. The number of imidazole rings is 1. The highest BCUT2D eigenvalue weighted by Gasteiger charge is 2.32. The number of piperidine rings is 1. The van der Waals surface area contributed by atoms with E-state index in [1.807, 2.05) is 0 Å². The van der Waals surface area contributed by atoms with Crippen molar-refractivity contribution in [3.05, 3.63) is 47.4 Å². The van der Waals surface area contributed by atoms with Gasteiger partial charge in [-0.25, -0.2) is 26.9 Å². The number of rotatable bonds is 4. The molecule has 1 fully saturated rings. The highest BCUT2D eigenvalue weighted by atomic mass is 32.2. The summed E-state index contributed by atoms with van der Waals surface area (Å²) in [6.07, 6.45) is 2.06. The Morgan fingerprint density at radius 1 is 1.32 bits per heavy atom. The minimum Gasteiger partial charge on any atom is -0.337 e. The van der Waals surface area contributed by atoms with Crippen LogP contribution in [0.1, 0.15) is 23.7 Å². The second-order valence-corrected chi connectivity index (χ2v) is 7.90. The van der Waals surface area contributed by atoms with Gasteiger partial charge in [0.2, 0.25) is 0 Å². The SMILES string of the molecule is Cc1nc(S(=O)(=O)NC2CNCCC2c2ccc(F)c(F)c2)cn1C. The maximum absolute atomic E-state index is 13.6. The van der Waals surface area contributed by atoms with Crippen molar-refractivity contribution in [1.82, 2.24) is 19.6 Å². The summed E-state index contributed by atoms with van der Waals surface area (Å²) in [5.74, 6) is -1.52. The first-order valence-corrected chi connectivity index (χ1v) is 9.44. The van der Waals surface area contributed by atoms with Gasteiger partial charge in [-0.3, -0.25) is 0 Å². The van der Waals surface area contributed by atoms with E-state index in [4.69, 9.17) is 0 Å². The van der Waals surface area contributed by atoms with Gasteiger partial charge in [-0.15, -0.1) is 0 Å². The predicted octanol–water partition coefficient (Wildman–Crippen LogP) is 1.43. The van der Waals surface area contributed by atoms with Crippen molar-refractivity contribution in [2.24, 2.45) is 7.05 Å². The quantitative estimate of drug-likeness (QED) is 0.854. The first kappa shape index (κ1) is 18.0. The normalized spacial score (nSPS) is 21.4. The van der Waals surface area contributed by atoms with Crippen LogP contribution >= 0.6 is 0 Å². The lowest BCUT2D eigenvalue weighted by Crippen LogP contribution is -2.50. The van der Waals surface area contributed by atoms with Crippen molar-refractivity contribution in [2.45, 2.75) is 30.3 Å². The van der Waals surface area contributed by atoms with E-state index in [9.17, 15) is 17.2 Å². The molecule has 25 heavy (non-hydrogen) atoms. The summed E-state index contributed by atoms with van der Waals surface area (Å²) in [5, 5.41) is 3.08. The molecular weight excluding hydrogens is 350 g/mol. The fourth-order valence-electron chi connectivity index (χ4n) is 3.04. The molecule has 6 nitrogen and oxygen atoms in total. The molecule has 3 rings (SSSR count). The summed E-state index contributed by atoms with van der Waals surface area (Å²) in [6.45, 7) is 2.78. The molecule has 0 radical (unpaired) electrons. The minimum absolute atomic E-state index is 0.0536. The summed E-state index contributed by atoms with van der Waals surface area (Å²) in [5.41, 5.74) is 0.574. The third kappa shape index (κ3) is 3.73. The summed E-state index contributed by atoms with van der Waals surface area (Å²) in [4.78, 5) is 4.05. The number of nitrogens with zero attached hydrogens (tertiary/aromatic N) is 2. The Morgan fingerprint density at radius 2 is 2.08 bits per heavy atom. The van der Waals surface area contributed by atoms with Gasteiger partial charge in [-0.1, -0.05) is 6.07 Å². The molecule has 1 aliphatic heterocycles. The highest BCUT2D eigenvalue weighted by Crippen LogP contribution is 2.28. The third-order valence-corrected chi connectivity index (χ3v) is 5.88. The molecule has 0 spiro atoms.